The lowest BCUT2D eigenvalue weighted by Gasteiger charge is -2.27. The average molecular weight is 272 g/mol. The quantitative estimate of drug-likeness (QED) is 0.903. The molecule has 0 saturated carbocycles. The zero-order valence-corrected chi connectivity index (χ0v) is 11.2. The summed E-state index contributed by atoms with van der Waals surface area (Å²) in [5.74, 6) is 0. The van der Waals surface area contributed by atoms with E-state index in [9.17, 15) is 13.2 Å². The van der Waals surface area contributed by atoms with Gasteiger partial charge in [-0.3, -0.25) is 4.90 Å². The van der Waals surface area contributed by atoms with E-state index in [4.69, 9.17) is 0 Å². The second-order valence-corrected chi connectivity index (χ2v) is 5.28. The summed E-state index contributed by atoms with van der Waals surface area (Å²) in [6.07, 6.45) is -3.16. The molecule has 0 radical (unpaired) electrons. The minimum absolute atomic E-state index is 0.136. The van der Waals surface area contributed by atoms with Crippen molar-refractivity contribution in [3.63, 3.8) is 0 Å². The number of hydrogen-bond acceptors (Lipinski definition) is 2. The van der Waals surface area contributed by atoms with Gasteiger partial charge in [0.1, 0.15) is 0 Å². The van der Waals surface area contributed by atoms with Crippen molar-refractivity contribution in [2.24, 2.45) is 0 Å². The number of rotatable bonds is 4. The van der Waals surface area contributed by atoms with Crippen LogP contribution in [0.3, 0.4) is 0 Å². The number of nitrogens with zero attached hydrogens (tertiary/aromatic N) is 1. The fourth-order valence-electron chi connectivity index (χ4n) is 2.32. The molecule has 1 aliphatic heterocycles. The van der Waals surface area contributed by atoms with E-state index in [1.54, 1.807) is 13.8 Å². The predicted octanol–water partition coefficient (Wildman–Crippen LogP) is 3.43. The molecule has 0 spiro atoms. The summed E-state index contributed by atoms with van der Waals surface area (Å²) in [6, 6.07) is 5.77. The second-order valence-electron chi connectivity index (χ2n) is 5.28. The maximum absolute atomic E-state index is 12.5. The van der Waals surface area contributed by atoms with Crippen molar-refractivity contribution < 1.29 is 13.2 Å². The summed E-state index contributed by atoms with van der Waals surface area (Å²) >= 11 is 0. The SMILES string of the molecule is CC(C)N(Cc1ccc2c(c1)NCC2)CC(F)(F)F. The molecule has 0 aliphatic carbocycles. The predicted molar refractivity (Wildman–Crippen MR) is 70.2 cm³/mol. The van der Waals surface area contributed by atoms with Crippen LogP contribution in [0.2, 0.25) is 0 Å². The number of nitrogens with one attached hydrogen (secondary N) is 1. The molecule has 0 fully saturated rings. The minimum atomic E-state index is -4.15. The molecule has 5 heteroatoms. The standard InChI is InChI=1S/C14H19F3N2/c1-10(2)19(9-14(15,16)17)8-11-3-4-12-5-6-18-13(12)7-11/h3-4,7,10,18H,5-6,8-9H2,1-2H3. The molecule has 1 N–H and O–H groups in total. The number of fused-ring (bicyclic) bond motifs is 1. The van der Waals surface area contributed by atoms with E-state index in [2.05, 4.69) is 5.32 Å². The number of alkyl halides is 3. The number of benzene rings is 1. The van der Waals surface area contributed by atoms with Crippen molar-refractivity contribution in [1.82, 2.24) is 4.90 Å². The van der Waals surface area contributed by atoms with Gasteiger partial charge in [0.25, 0.3) is 0 Å². The first-order valence-corrected chi connectivity index (χ1v) is 6.51. The van der Waals surface area contributed by atoms with Crippen molar-refractivity contribution in [1.29, 1.82) is 0 Å². The smallest absolute Gasteiger partial charge is 0.384 e. The monoisotopic (exact) mass is 272 g/mol. The van der Waals surface area contributed by atoms with Gasteiger partial charge in [-0.2, -0.15) is 13.2 Å². The molecule has 106 valence electrons. The van der Waals surface area contributed by atoms with Crippen LogP contribution in [0, 0.1) is 0 Å². The van der Waals surface area contributed by atoms with Crippen LogP contribution in [0.1, 0.15) is 25.0 Å². The molecule has 1 heterocycles. The Morgan fingerprint density at radius 2 is 2.05 bits per heavy atom. The molecule has 19 heavy (non-hydrogen) atoms. The summed E-state index contributed by atoms with van der Waals surface area (Å²) in [6.45, 7) is 3.95. The molecule has 2 rings (SSSR count). The second kappa shape index (κ2) is 5.41. The van der Waals surface area contributed by atoms with Crippen LogP contribution in [0.5, 0.6) is 0 Å². The van der Waals surface area contributed by atoms with Gasteiger partial charge < -0.3 is 5.32 Å². The first-order chi connectivity index (χ1) is 8.85. The average Bonchev–Trinajstić information content (AvgIpc) is 2.73. The number of anilines is 1. The van der Waals surface area contributed by atoms with Crippen LogP contribution >= 0.6 is 0 Å². The Morgan fingerprint density at radius 1 is 1.32 bits per heavy atom. The molecule has 0 unspecified atom stereocenters. The van der Waals surface area contributed by atoms with Crippen LogP contribution in [0.25, 0.3) is 0 Å². The molecule has 2 nitrogen and oxygen atoms in total. The highest BCUT2D eigenvalue weighted by atomic mass is 19.4. The van der Waals surface area contributed by atoms with Crippen molar-refractivity contribution in [2.45, 2.75) is 39.0 Å². The molecule has 0 atom stereocenters. The molecular weight excluding hydrogens is 253 g/mol. The van der Waals surface area contributed by atoms with Crippen LogP contribution in [0.15, 0.2) is 18.2 Å². The van der Waals surface area contributed by atoms with Gasteiger partial charge in [0.05, 0.1) is 6.54 Å². The lowest BCUT2D eigenvalue weighted by molar-refractivity contribution is -0.150. The Morgan fingerprint density at radius 3 is 2.68 bits per heavy atom. The van der Waals surface area contributed by atoms with Crippen LogP contribution < -0.4 is 5.32 Å². The third kappa shape index (κ3) is 3.86. The highest BCUT2D eigenvalue weighted by Gasteiger charge is 2.31. The molecule has 1 aromatic rings. The van der Waals surface area contributed by atoms with Gasteiger partial charge in [-0.05, 0) is 37.5 Å². The lowest BCUT2D eigenvalue weighted by atomic mass is 10.1. The van der Waals surface area contributed by atoms with E-state index >= 15 is 0 Å². The Bertz CT molecular complexity index is 441. The van der Waals surface area contributed by atoms with Gasteiger partial charge >= 0.3 is 6.18 Å². The summed E-state index contributed by atoms with van der Waals surface area (Å²) in [5.41, 5.74) is 3.23. The zero-order chi connectivity index (χ0) is 14.0. The van der Waals surface area contributed by atoms with Gasteiger partial charge in [0, 0.05) is 24.8 Å². The van der Waals surface area contributed by atoms with E-state index in [1.165, 1.54) is 10.5 Å². The summed E-state index contributed by atoms with van der Waals surface area (Å²) in [5, 5.41) is 3.25. The normalized spacial score (nSPS) is 14.9. The third-order valence-electron chi connectivity index (χ3n) is 3.38. The molecular formula is C14H19F3N2. The fourth-order valence-corrected chi connectivity index (χ4v) is 2.32. The van der Waals surface area contributed by atoms with Gasteiger partial charge in [-0.25, -0.2) is 0 Å². The summed E-state index contributed by atoms with van der Waals surface area (Å²) < 4.78 is 37.6. The van der Waals surface area contributed by atoms with Crippen LogP contribution in [0.4, 0.5) is 18.9 Å². The van der Waals surface area contributed by atoms with E-state index in [0.29, 0.717) is 6.54 Å². The Kier molecular flexibility index (Phi) is 4.04. The lowest BCUT2D eigenvalue weighted by Crippen LogP contribution is -2.38. The maximum Gasteiger partial charge on any atom is 0.401 e. The first-order valence-electron chi connectivity index (χ1n) is 6.51. The molecule has 0 amide bonds. The summed E-state index contributed by atoms with van der Waals surface area (Å²) in [4.78, 5) is 1.44. The Labute approximate surface area is 111 Å². The third-order valence-corrected chi connectivity index (χ3v) is 3.38. The maximum atomic E-state index is 12.5. The molecule has 0 saturated heterocycles. The van der Waals surface area contributed by atoms with Gasteiger partial charge in [0.15, 0.2) is 0 Å². The van der Waals surface area contributed by atoms with Crippen molar-refractivity contribution in [3.05, 3.63) is 29.3 Å². The minimum Gasteiger partial charge on any atom is -0.384 e. The molecule has 0 aromatic heterocycles. The molecule has 1 aliphatic rings. The van der Waals surface area contributed by atoms with Crippen LogP contribution in [-0.4, -0.2) is 30.2 Å². The topological polar surface area (TPSA) is 15.3 Å². The van der Waals surface area contributed by atoms with Crippen molar-refractivity contribution in [2.75, 3.05) is 18.4 Å². The highest BCUT2D eigenvalue weighted by Crippen LogP contribution is 2.25. The largest absolute Gasteiger partial charge is 0.401 e. The number of hydrogen-bond donors (Lipinski definition) is 1. The van der Waals surface area contributed by atoms with Crippen LogP contribution in [-0.2, 0) is 13.0 Å². The van der Waals surface area contributed by atoms with E-state index < -0.39 is 12.7 Å². The van der Waals surface area contributed by atoms with E-state index in [0.717, 1.165) is 24.2 Å². The van der Waals surface area contributed by atoms with Gasteiger partial charge in [-0.15, -0.1) is 0 Å². The summed E-state index contributed by atoms with van der Waals surface area (Å²) in [7, 11) is 0. The van der Waals surface area contributed by atoms with E-state index in [-0.39, 0.29) is 6.04 Å². The molecule has 1 aromatic carbocycles. The van der Waals surface area contributed by atoms with Crippen molar-refractivity contribution >= 4 is 5.69 Å². The zero-order valence-electron chi connectivity index (χ0n) is 11.2. The first kappa shape index (κ1) is 14.2. The molecule has 0 bridgehead atoms. The Balaban J connectivity index is 2.09. The fraction of sp³-hybridized carbons (Fsp3) is 0.571. The number of halogens is 3. The Hall–Kier alpha value is -1.23. The van der Waals surface area contributed by atoms with E-state index in [1.807, 2.05) is 18.2 Å². The van der Waals surface area contributed by atoms with Gasteiger partial charge in [0.2, 0.25) is 0 Å². The van der Waals surface area contributed by atoms with Gasteiger partial charge in [-0.1, -0.05) is 12.1 Å². The highest BCUT2D eigenvalue weighted by molar-refractivity contribution is 5.57. The van der Waals surface area contributed by atoms with Crippen molar-refractivity contribution in [3.8, 4) is 0 Å².